The largest absolute Gasteiger partial charge is 0.306 e. The minimum absolute atomic E-state index is 0.000908. The Morgan fingerprint density at radius 1 is 1.14 bits per heavy atom. The van der Waals surface area contributed by atoms with Crippen LogP contribution in [0.2, 0.25) is 10.0 Å². The number of halogens is 5. The monoisotopic (exact) mass is 393 g/mol. The lowest BCUT2D eigenvalue weighted by Crippen LogP contribution is -2.24. The maximum atomic E-state index is 14.2. The molecule has 2 aromatic carbocycles. The predicted octanol–water partition coefficient (Wildman–Crippen LogP) is 5.73. The third-order valence-corrected chi connectivity index (χ3v) is 4.54. The summed E-state index contributed by atoms with van der Waals surface area (Å²) < 4.78 is 28.9. The van der Waals surface area contributed by atoms with E-state index in [4.69, 9.17) is 23.2 Å². The molecule has 2 aromatic rings. The normalized spacial score (nSPS) is 12.5. The second kappa shape index (κ2) is 7.05. The van der Waals surface area contributed by atoms with Gasteiger partial charge < -0.3 is 5.32 Å². The van der Waals surface area contributed by atoms with Gasteiger partial charge in [0.2, 0.25) is 0 Å². The van der Waals surface area contributed by atoms with Gasteiger partial charge in [-0.3, -0.25) is 0 Å². The van der Waals surface area contributed by atoms with Crippen LogP contribution in [0.1, 0.15) is 24.1 Å². The Morgan fingerprint density at radius 3 is 2.52 bits per heavy atom. The Bertz CT molecular complexity index is 664. The summed E-state index contributed by atoms with van der Waals surface area (Å²) in [5.74, 6) is -1.04. The number of hydrogen-bond donors (Lipinski definition) is 1. The predicted molar refractivity (Wildman–Crippen MR) is 86.0 cm³/mol. The van der Waals surface area contributed by atoms with E-state index in [1.807, 2.05) is 6.92 Å². The van der Waals surface area contributed by atoms with Crippen molar-refractivity contribution in [3.05, 3.63) is 67.6 Å². The molecule has 21 heavy (non-hydrogen) atoms. The van der Waals surface area contributed by atoms with Gasteiger partial charge in [0.05, 0.1) is 16.1 Å². The SMILES string of the molecule is CCNC(c1cc(Cl)c(Br)cc1F)c1cccc(Cl)c1F. The van der Waals surface area contributed by atoms with Gasteiger partial charge in [0.25, 0.3) is 0 Å². The van der Waals surface area contributed by atoms with Crippen LogP contribution in [0.5, 0.6) is 0 Å². The maximum absolute atomic E-state index is 14.2. The van der Waals surface area contributed by atoms with Gasteiger partial charge in [0, 0.05) is 15.6 Å². The van der Waals surface area contributed by atoms with E-state index < -0.39 is 17.7 Å². The van der Waals surface area contributed by atoms with Crippen LogP contribution < -0.4 is 5.32 Å². The van der Waals surface area contributed by atoms with Crippen LogP contribution in [-0.4, -0.2) is 6.54 Å². The van der Waals surface area contributed by atoms with Crippen molar-refractivity contribution >= 4 is 39.1 Å². The maximum Gasteiger partial charge on any atom is 0.146 e. The molecule has 1 unspecified atom stereocenters. The Hall–Kier alpha value is -0.680. The van der Waals surface area contributed by atoms with Crippen LogP contribution in [0, 0.1) is 11.6 Å². The summed E-state index contributed by atoms with van der Waals surface area (Å²) in [6.07, 6.45) is 0. The molecule has 0 heterocycles. The number of nitrogens with one attached hydrogen (secondary N) is 1. The highest BCUT2D eigenvalue weighted by Crippen LogP contribution is 2.33. The van der Waals surface area contributed by atoms with E-state index in [0.717, 1.165) is 0 Å². The molecule has 0 fully saturated rings. The molecule has 0 bridgehead atoms. The van der Waals surface area contributed by atoms with Gasteiger partial charge in [-0.25, -0.2) is 8.78 Å². The van der Waals surface area contributed by atoms with Gasteiger partial charge >= 0.3 is 0 Å². The Morgan fingerprint density at radius 2 is 1.86 bits per heavy atom. The van der Waals surface area contributed by atoms with E-state index in [2.05, 4.69) is 21.2 Å². The van der Waals surface area contributed by atoms with Gasteiger partial charge in [-0.1, -0.05) is 42.3 Å². The van der Waals surface area contributed by atoms with Crippen LogP contribution in [0.15, 0.2) is 34.8 Å². The summed E-state index contributed by atoms with van der Waals surface area (Å²) in [5.41, 5.74) is 0.549. The van der Waals surface area contributed by atoms with Crippen LogP contribution in [0.3, 0.4) is 0 Å². The van der Waals surface area contributed by atoms with E-state index in [1.165, 1.54) is 18.2 Å². The van der Waals surface area contributed by atoms with E-state index in [0.29, 0.717) is 16.0 Å². The smallest absolute Gasteiger partial charge is 0.146 e. The Balaban J connectivity index is 2.59. The van der Waals surface area contributed by atoms with Crippen molar-refractivity contribution in [3.8, 4) is 0 Å². The van der Waals surface area contributed by atoms with Crippen molar-refractivity contribution in [2.24, 2.45) is 0 Å². The molecule has 1 atom stereocenters. The lowest BCUT2D eigenvalue weighted by molar-refractivity contribution is 0.530. The molecule has 0 saturated heterocycles. The molecule has 2 rings (SSSR count). The topological polar surface area (TPSA) is 12.0 Å². The molecule has 0 aliphatic carbocycles. The van der Waals surface area contributed by atoms with Gasteiger partial charge in [-0.15, -0.1) is 0 Å². The van der Waals surface area contributed by atoms with E-state index >= 15 is 0 Å². The van der Waals surface area contributed by atoms with Crippen molar-refractivity contribution in [3.63, 3.8) is 0 Å². The number of benzene rings is 2. The van der Waals surface area contributed by atoms with E-state index in [9.17, 15) is 8.78 Å². The van der Waals surface area contributed by atoms with Gasteiger partial charge in [0.1, 0.15) is 11.6 Å². The molecule has 1 nitrogen and oxygen atoms in total. The number of hydrogen-bond acceptors (Lipinski definition) is 1. The average Bonchev–Trinajstić information content (AvgIpc) is 2.44. The second-order valence-electron chi connectivity index (χ2n) is 4.42. The summed E-state index contributed by atoms with van der Waals surface area (Å²) in [7, 11) is 0. The Labute approximate surface area is 140 Å². The molecule has 0 aromatic heterocycles. The van der Waals surface area contributed by atoms with Crippen molar-refractivity contribution in [2.75, 3.05) is 6.54 Å². The van der Waals surface area contributed by atoms with Crippen LogP contribution >= 0.6 is 39.1 Å². The fourth-order valence-corrected chi connectivity index (χ4v) is 2.76. The van der Waals surface area contributed by atoms with Crippen LogP contribution in [-0.2, 0) is 0 Å². The minimum atomic E-state index is -0.667. The summed E-state index contributed by atoms with van der Waals surface area (Å²) in [6.45, 7) is 2.39. The molecular weight excluding hydrogens is 383 g/mol. The summed E-state index contributed by atoms with van der Waals surface area (Å²) in [6, 6.07) is 6.74. The van der Waals surface area contributed by atoms with E-state index in [1.54, 1.807) is 12.1 Å². The quantitative estimate of drug-likeness (QED) is 0.652. The zero-order valence-corrected chi connectivity index (χ0v) is 14.2. The highest BCUT2D eigenvalue weighted by molar-refractivity contribution is 9.10. The molecule has 0 aliphatic rings. The first kappa shape index (κ1) is 16.7. The lowest BCUT2D eigenvalue weighted by atomic mass is 9.97. The second-order valence-corrected chi connectivity index (χ2v) is 6.09. The first-order valence-electron chi connectivity index (χ1n) is 6.27. The molecule has 0 amide bonds. The molecule has 0 radical (unpaired) electrons. The van der Waals surface area contributed by atoms with Crippen molar-refractivity contribution in [1.29, 1.82) is 0 Å². The van der Waals surface area contributed by atoms with Gasteiger partial charge in [0.15, 0.2) is 0 Å². The molecule has 0 saturated carbocycles. The van der Waals surface area contributed by atoms with Crippen LogP contribution in [0.25, 0.3) is 0 Å². The van der Waals surface area contributed by atoms with Gasteiger partial charge in [-0.2, -0.15) is 0 Å². The zero-order chi connectivity index (χ0) is 15.6. The average molecular weight is 395 g/mol. The highest BCUT2D eigenvalue weighted by atomic mass is 79.9. The summed E-state index contributed by atoms with van der Waals surface area (Å²) >= 11 is 15.0. The molecular formula is C15H12BrCl2F2N. The third-order valence-electron chi connectivity index (χ3n) is 3.05. The standard InChI is InChI=1S/C15H12BrCl2F2N/c1-2-21-15(8-4-3-5-11(17)14(8)20)9-6-12(18)10(16)7-13(9)19/h3-7,15,21H,2H2,1H3. The highest BCUT2D eigenvalue weighted by Gasteiger charge is 2.22. The van der Waals surface area contributed by atoms with Crippen molar-refractivity contribution in [2.45, 2.75) is 13.0 Å². The summed E-state index contributed by atoms with van der Waals surface area (Å²) in [4.78, 5) is 0. The van der Waals surface area contributed by atoms with Crippen molar-refractivity contribution < 1.29 is 8.78 Å². The van der Waals surface area contributed by atoms with Crippen molar-refractivity contribution in [1.82, 2.24) is 5.32 Å². The molecule has 112 valence electrons. The third kappa shape index (κ3) is 3.57. The first-order chi connectivity index (χ1) is 9.95. The fourth-order valence-electron chi connectivity index (χ4n) is 2.09. The molecule has 1 N–H and O–H groups in total. The molecule has 0 aliphatic heterocycles. The fraction of sp³-hybridized carbons (Fsp3) is 0.200. The lowest BCUT2D eigenvalue weighted by Gasteiger charge is -2.21. The number of rotatable bonds is 4. The molecule has 0 spiro atoms. The van der Waals surface area contributed by atoms with Gasteiger partial charge in [-0.05, 0) is 40.7 Å². The molecule has 6 heteroatoms. The summed E-state index contributed by atoms with van der Waals surface area (Å²) in [5, 5.41) is 3.42. The van der Waals surface area contributed by atoms with E-state index in [-0.39, 0.29) is 16.1 Å². The zero-order valence-electron chi connectivity index (χ0n) is 11.1. The minimum Gasteiger partial charge on any atom is -0.306 e. The first-order valence-corrected chi connectivity index (χ1v) is 7.82. The Kier molecular flexibility index (Phi) is 5.60. The van der Waals surface area contributed by atoms with Crippen LogP contribution in [0.4, 0.5) is 8.78 Å².